The van der Waals surface area contributed by atoms with E-state index in [9.17, 15) is 44.2 Å². The van der Waals surface area contributed by atoms with E-state index in [4.69, 9.17) is 14.2 Å². The van der Waals surface area contributed by atoms with Crippen molar-refractivity contribution in [3.63, 3.8) is 0 Å². The third kappa shape index (κ3) is 4.87. The Bertz CT molecular complexity index is 863. The standard InChI is InChI=1S/C18H25BrO12S/c19-7-1-3-8(4-2-7)32(27,28)18-15(26)13(24)16(10(6-21)30-18)31-17-14(25)12(23)11(22)9(5-20)29-17/h1-4,9-18,20-26H,5-6H2/t9-,10-,11+,12+,13-,14-,15-,16-,17+,18+/m1/s1. The van der Waals surface area contributed by atoms with E-state index in [0.717, 1.165) is 0 Å². The van der Waals surface area contributed by atoms with Crippen LogP contribution in [-0.4, -0.2) is 118 Å². The summed E-state index contributed by atoms with van der Waals surface area (Å²) in [4.78, 5) is -0.193. The maximum atomic E-state index is 12.9. The van der Waals surface area contributed by atoms with E-state index in [-0.39, 0.29) is 4.90 Å². The van der Waals surface area contributed by atoms with Gasteiger partial charge in [0.05, 0.1) is 18.1 Å². The lowest BCUT2D eigenvalue weighted by molar-refractivity contribution is -0.338. The average Bonchev–Trinajstić information content (AvgIpc) is 2.77. The molecule has 10 atom stereocenters. The molecule has 2 saturated heterocycles. The Balaban J connectivity index is 1.82. The highest BCUT2D eigenvalue weighted by atomic mass is 79.9. The zero-order chi connectivity index (χ0) is 23.8. The Hall–Kier alpha value is -0.750. The van der Waals surface area contributed by atoms with Crippen molar-refractivity contribution in [3.05, 3.63) is 28.7 Å². The van der Waals surface area contributed by atoms with Crippen LogP contribution in [0.3, 0.4) is 0 Å². The molecule has 0 amide bonds. The minimum Gasteiger partial charge on any atom is -0.394 e. The van der Waals surface area contributed by atoms with Crippen LogP contribution in [0.25, 0.3) is 0 Å². The van der Waals surface area contributed by atoms with Gasteiger partial charge in [0.2, 0.25) is 9.84 Å². The zero-order valence-electron chi connectivity index (χ0n) is 16.5. The van der Waals surface area contributed by atoms with E-state index >= 15 is 0 Å². The van der Waals surface area contributed by atoms with E-state index in [0.29, 0.717) is 4.47 Å². The van der Waals surface area contributed by atoms with Crippen molar-refractivity contribution >= 4 is 25.8 Å². The quantitative estimate of drug-likeness (QED) is 0.189. The molecular weight excluding hydrogens is 520 g/mol. The number of benzene rings is 1. The van der Waals surface area contributed by atoms with Crippen molar-refractivity contribution in [2.75, 3.05) is 13.2 Å². The Morgan fingerprint density at radius 2 is 1.41 bits per heavy atom. The maximum Gasteiger partial charge on any atom is 0.207 e. The van der Waals surface area contributed by atoms with Crippen LogP contribution in [0.2, 0.25) is 0 Å². The molecule has 14 heteroatoms. The summed E-state index contributed by atoms with van der Waals surface area (Å²) >= 11 is 3.18. The number of rotatable bonds is 6. The summed E-state index contributed by atoms with van der Waals surface area (Å²) in [7, 11) is -4.31. The van der Waals surface area contributed by atoms with Gasteiger partial charge in [0, 0.05) is 4.47 Å². The second-order valence-electron chi connectivity index (χ2n) is 7.50. The lowest BCUT2D eigenvalue weighted by atomic mass is 9.97. The van der Waals surface area contributed by atoms with Crippen LogP contribution in [0.15, 0.2) is 33.6 Å². The van der Waals surface area contributed by atoms with Gasteiger partial charge in [-0.25, -0.2) is 8.42 Å². The molecule has 1 aromatic rings. The third-order valence-corrected chi connectivity index (χ3v) is 7.87. The van der Waals surface area contributed by atoms with E-state index < -0.39 is 83.6 Å². The van der Waals surface area contributed by atoms with Gasteiger partial charge in [0.15, 0.2) is 11.7 Å². The van der Waals surface area contributed by atoms with Crippen LogP contribution >= 0.6 is 15.9 Å². The van der Waals surface area contributed by atoms with Gasteiger partial charge in [0.25, 0.3) is 0 Å². The molecule has 182 valence electrons. The van der Waals surface area contributed by atoms with Crippen molar-refractivity contribution in [1.29, 1.82) is 0 Å². The van der Waals surface area contributed by atoms with E-state index in [1.807, 2.05) is 0 Å². The number of halogens is 1. The summed E-state index contributed by atoms with van der Waals surface area (Å²) in [6.07, 6.45) is -15.2. The van der Waals surface area contributed by atoms with Crippen molar-refractivity contribution < 1.29 is 58.4 Å². The van der Waals surface area contributed by atoms with Gasteiger partial charge >= 0.3 is 0 Å². The predicted molar refractivity (Wildman–Crippen MR) is 108 cm³/mol. The van der Waals surface area contributed by atoms with E-state index in [2.05, 4.69) is 15.9 Å². The van der Waals surface area contributed by atoms with Crippen LogP contribution in [-0.2, 0) is 24.0 Å². The first kappa shape index (κ1) is 25.9. The average molecular weight is 545 g/mol. The number of sulfone groups is 1. The van der Waals surface area contributed by atoms with Crippen LogP contribution in [0, 0.1) is 0 Å². The molecule has 0 radical (unpaired) electrons. The molecule has 0 saturated carbocycles. The number of aliphatic hydroxyl groups is 7. The van der Waals surface area contributed by atoms with Gasteiger partial charge in [-0.1, -0.05) is 15.9 Å². The van der Waals surface area contributed by atoms with Gasteiger partial charge in [-0.3, -0.25) is 0 Å². The second-order valence-corrected chi connectivity index (χ2v) is 10.4. The Morgan fingerprint density at radius 1 is 0.812 bits per heavy atom. The molecule has 0 aromatic heterocycles. The number of hydrogen-bond acceptors (Lipinski definition) is 12. The fraction of sp³-hybridized carbons (Fsp3) is 0.667. The fourth-order valence-corrected chi connectivity index (χ4v) is 5.44. The highest BCUT2D eigenvalue weighted by molar-refractivity contribution is 9.10. The molecule has 0 unspecified atom stereocenters. The molecule has 2 aliphatic heterocycles. The molecule has 0 spiro atoms. The first-order valence-corrected chi connectivity index (χ1v) is 11.9. The van der Waals surface area contributed by atoms with Crippen molar-refractivity contribution in [2.24, 2.45) is 0 Å². The summed E-state index contributed by atoms with van der Waals surface area (Å²) in [5, 5.41) is 69.9. The minimum atomic E-state index is -4.31. The van der Waals surface area contributed by atoms with Crippen LogP contribution in [0.4, 0.5) is 0 Å². The van der Waals surface area contributed by atoms with E-state index in [1.165, 1.54) is 24.3 Å². The zero-order valence-corrected chi connectivity index (χ0v) is 18.9. The largest absolute Gasteiger partial charge is 0.394 e. The van der Waals surface area contributed by atoms with Crippen LogP contribution in [0.1, 0.15) is 0 Å². The molecule has 1 aromatic carbocycles. The van der Waals surface area contributed by atoms with Gasteiger partial charge < -0.3 is 50.0 Å². The minimum absolute atomic E-state index is 0.193. The fourth-order valence-electron chi connectivity index (χ4n) is 3.57. The topological polar surface area (TPSA) is 203 Å². The molecule has 2 aliphatic rings. The first-order chi connectivity index (χ1) is 15.0. The predicted octanol–water partition coefficient (Wildman–Crippen LogP) is -3.15. The summed E-state index contributed by atoms with van der Waals surface area (Å²) in [6.45, 7) is -1.56. The van der Waals surface area contributed by atoms with Gasteiger partial charge in [-0.05, 0) is 24.3 Å². The Kier molecular flexibility index (Phi) is 8.28. The van der Waals surface area contributed by atoms with Crippen molar-refractivity contribution in [1.82, 2.24) is 0 Å². The molecule has 0 bridgehead atoms. The molecule has 32 heavy (non-hydrogen) atoms. The molecule has 2 heterocycles. The summed E-state index contributed by atoms with van der Waals surface area (Å²) < 4.78 is 42.5. The lowest BCUT2D eigenvalue weighted by Gasteiger charge is -2.45. The van der Waals surface area contributed by atoms with Crippen molar-refractivity contribution in [2.45, 2.75) is 65.5 Å². The molecule has 0 aliphatic carbocycles. The molecular formula is C18H25BrO12S. The van der Waals surface area contributed by atoms with Gasteiger partial charge in [0.1, 0.15) is 48.8 Å². The number of hydrogen-bond donors (Lipinski definition) is 7. The van der Waals surface area contributed by atoms with Crippen molar-refractivity contribution in [3.8, 4) is 0 Å². The summed E-state index contributed by atoms with van der Waals surface area (Å²) in [6, 6.07) is 5.47. The van der Waals surface area contributed by atoms with Crippen LogP contribution < -0.4 is 0 Å². The Labute approximate surface area is 191 Å². The number of aliphatic hydroxyl groups excluding tert-OH is 7. The summed E-state index contributed by atoms with van der Waals surface area (Å²) in [5.41, 5.74) is -1.94. The van der Waals surface area contributed by atoms with Crippen LogP contribution in [0.5, 0.6) is 0 Å². The Morgan fingerprint density at radius 3 is 1.97 bits per heavy atom. The first-order valence-electron chi connectivity index (χ1n) is 9.60. The smallest absolute Gasteiger partial charge is 0.207 e. The lowest BCUT2D eigenvalue weighted by Crippen LogP contribution is -2.65. The number of ether oxygens (including phenoxy) is 3. The molecule has 2 fully saturated rings. The molecule has 7 N–H and O–H groups in total. The highest BCUT2D eigenvalue weighted by Gasteiger charge is 2.53. The van der Waals surface area contributed by atoms with Gasteiger partial charge in [-0.2, -0.15) is 0 Å². The second kappa shape index (κ2) is 10.2. The van der Waals surface area contributed by atoms with E-state index in [1.54, 1.807) is 0 Å². The van der Waals surface area contributed by atoms with Gasteiger partial charge in [-0.15, -0.1) is 0 Å². The monoisotopic (exact) mass is 544 g/mol. The third-order valence-electron chi connectivity index (χ3n) is 5.41. The molecule has 12 nitrogen and oxygen atoms in total. The highest BCUT2D eigenvalue weighted by Crippen LogP contribution is 2.33. The molecule has 3 rings (SSSR count). The normalized spacial score (nSPS) is 40.9. The SMILES string of the molecule is O=S(=O)(c1ccc(Br)cc1)[C@@H]1O[C@H](CO)[C@@H](O[C@@H]2O[C@H](CO)[C@H](O)[C@H](O)[C@H]2O)[C@H](O)[C@H]1O. The summed E-state index contributed by atoms with van der Waals surface area (Å²) in [5.74, 6) is 0. The maximum absolute atomic E-state index is 12.9.